The molecule has 0 heterocycles. The minimum atomic E-state index is -1.15. The summed E-state index contributed by atoms with van der Waals surface area (Å²) in [4.78, 5) is 21.9. The standard InChI is InChI=1S/C11H18O5/c1-2-3-5-9(8-10(13)14)11(15)16-7-4-6-12/h8,12H,2-7H2,1H3,(H,13,14)/b9-8+. The Morgan fingerprint density at radius 1 is 1.31 bits per heavy atom. The molecule has 0 aromatic heterocycles. The summed E-state index contributed by atoms with van der Waals surface area (Å²) in [5, 5.41) is 17.1. The number of aliphatic hydroxyl groups is 1. The van der Waals surface area contributed by atoms with Crippen molar-refractivity contribution in [2.75, 3.05) is 13.2 Å². The summed E-state index contributed by atoms with van der Waals surface area (Å²) in [5.41, 5.74) is 0.173. The van der Waals surface area contributed by atoms with E-state index in [-0.39, 0.29) is 18.8 Å². The predicted molar refractivity (Wildman–Crippen MR) is 57.9 cm³/mol. The number of aliphatic carboxylic acids is 1. The molecule has 92 valence electrons. The van der Waals surface area contributed by atoms with E-state index >= 15 is 0 Å². The van der Waals surface area contributed by atoms with E-state index in [2.05, 4.69) is 0 Å². The van der Waals surface area contributed by atoms with Gasteiger partial charge < -0.3 is 14.9 Å². The maximum absolute atomic E-state index is 11.4. The number of carboxylic acid groups (broad SMARTS) is 1. The Labute approximate surface area is 94.7 Å². The summed E-state index contributed by atoms with van der Waals surface area (Å²) in [5.74, 6) is -1.76. The van der Waals surface area contributed by atoms with Crippen LogP contribution in [0.5, 0.6) is 0 Å². The zero-order valence-corrected chi connectivity index (χ0v) is 9.44. The van der Waals surface area contributed by atoms with Crippen molar-refractivity contribution < 1.29 is 24.5 Å². The molecule has 0 saturated carbocycles. The summed E-state index contributed by atoms with van der Waals surface area (Å²) < 4.78 is 4.81. The van der Waals surface area contributed by atoms with Crippen LogP contribution in [0.25, 0.3) is 0 Å². The van der Waals surface area contributed by atoms with E-state index in [0.29, 0.717) is 12.8 Å². The van der Waals surface area contributed by atoms with Crippen molar-refractivity contribution in [1.29, 1.82) is 0 Å². The number of ether oxygens (including phenoxy) is 1. The molecule has 0 aliphatic rings. The summed E-state index contributed by atoms with van der Waals surface area (Å²) >= 11 is 0. The molecule has 0 aliphatic heterocycles. The fourth-order valence-electron chi connectivity index (χ4n) is 1.07. The second-order valence-corrected chi connectivity index (χ2v) is 3.32. The third-order valence-electron chi connectivity index (χ3n) is 1.90. The lowest BCUT2D eigenvalue weighted by atomic mass is 10.1. The number of rotatable bonds is 8. The second kappa shape index (κ2) is 8.91. The summed E-state index contributed by atoms with van der Waals surface area (Å²) in [6.45, 7) is 2.01. The minimum absolute atomic E-state index is 0.0553. The van der Waals surface area contributed by atoms with E-state index in [0.717, 1.165) is 18.9 Å². The van der Waals surface area contributed by atoms with Gasteiger partial charge in [0.05, 0.1) is 6.61 Å². The van der Waals surface area contributed by atoms with E-state index in [1.54, 1.807) is 0 Å². The monoisotopic (exact) mass is 230 g/mol. The molecule has 0 aromatic carbocycles. The van der Waals surface area contributed by atoms with E-state index in [1.807, 2.05) is 6.92 Å². The van der Waals surface area contributed by atoms with Gasteiger partial charge in [0.15, 0.2) is 0 Å². The molecule has 16 heavy (non-hydrogen) atoms. The molecule has 2 N–H and O–H groups in total. The van der Waals surface area contributed by atoms with Crippen LogP contribution in [0, 0.1) is 0 Å². The number of hydrogen-bond acceptors (Lipinski definition) is 4. The fraction of sp³-hybridized carbons (Fsp3) is 0.636. The minimum Gasteiger partial charge on any atom is -0.478 e. The largest absolute Gasteiger partial charge is 0.478 e. The summed E-state index contributed by atoms with van der Waals surface area (Å²) in [6.07, 6.45) is 3.27. The maximum atomic E-state index is 11.4. The van der Waals surface area contributed by atoms with Gasteiger partial charge in [-0.15, -0.1) is 0 Å². The van der Waals surface area contributed by atoms with E-state index in [1.165, 1.54) is 0 Å². The molecule has 0 unspecified atom stereocenters. The van der Waals surface area contributed by atoms with Gasteiger partial charge in [-0.05, 0) is 12.8 Å². The lowest BCUT2D eigenvalue weighted by Gasteiger charge is -2.06. The number of carbonyl (C=O) groups is 2. The molecule has 0 saturated heterocycles. The first-order valence-corrected chi connectivity index (χ1v) is 5.33. The van der Waals surface area contributed by atoms with Gasteiger partial charge in [0, 0.05) is 24.7 Å². The number of carbonyl (C=O) groups excluding carboxylic acids is 1. The first kappa shape index (κ1) is 14.6. The Morgan fingerprint density at radius 2 is 2.00 bits per heavy atom. The van der Waals surface area contributed by atoms with Crippen molar-refractivity contribution in [3.8, 4) is 0 Å². The van der Waals surface area contributed by atoms with Gasteiger partial charge in [-0.1, -0.05) is 13.3 Å². The zero-order valence-electron chi connectivity index (χ0n) is 9.44. The summed E-state index contributed by atoms with van der Waals surface area (Å²) in [6, 6.07) is 0. The molecule has 5 heteroatoms. The van der Waals surface area contributed by atoms with E-state index < -0.39 is 11.9 Å². The highest BCUT2D eigenvalue weighted by molar-refractivity contribution is 5.95. The molecular weight excluding hydrogens is 212 g/mol. The van der Waals surface area contributed by atoms with Crippen LogP contribution in [0.2, 0.25) is 0 Å². The molecule has 0 aliphatic carbocycles. The number of unbranched alkanes of at least 4 members (excludes halogenated alkanes) is 1. The van der Waals surface area contributed by atoms with Gasteiger partial charge in [0.25, 0.3) is 0 Å². The Balaban J connectivity index is 4.27. The van der Waals surface area contributed by atoms with Crippen LogP contribution in [0.15, 0.2) is 11.6 Å². The van der Waals surface area contributed by atoms with Crippen LogP contribution >= 0.6 is 0 Å². The smallest absolute Gasteiger partial charge is 0.334 e. The van der Waals surface area contributed by atoms with Crippen LogP contribution in [0.3, 0.4) is 0 Å². The SMILES string of the molecule is CCCC/C(=C\C(=O)O)C(=O)OCCCO. The Kier molecular flexibility index (Phi) is 8.15. The Morgan fingerprint density at radius 3 is 2.50 bits per heavy atom. The van der Waals surface area contributed by atoms with Gasteiger partial charge in [0.1, 0.15) is 0 Å². The number of aliphatic hydroxyl groups excluding tert-OH is 1. The van der Waals surface area contributed by atoms with Crippen molar-refractivity contribution in [1.82, 2.24) is 0 Å². The lowest BCUT2D eigenvalue weighted by molar-refractivity contribution is -0.140. The highest BCUT2D eigenvalue weighted by Gasteiger charge is 2.12. The molecule has 0 bridgehead atoms. The fourth-order valence-corrected chi connectivity index (χ4v) is 1.07. The highest BCUT2D eigenvalue weighted by Crippen LogP contribution is 2.09. The average Bonchev–Trinajstić information content (AvgIpc) is 2.23. The molecule has 0 amide bonds. The molecule has 0 atom stereocenters. The third kappa shape index (κ3) is 7.00. The predicted octanol–water partition coefficient (Wildman–Crippen LogP) is 1.11. The Bertz CT molecular complexity index is 257. The number of hydrogen-bond donors (Lipinski definition) is 2. The first-order chi connectivity index (χ1) is 7.61. The topological polar surface area (TPSA) is 83.8 Å². The van der Waals surface area contributed by atoms with E-state index in [4.69, 9.17) is 14.9 Å². The highest BCUT2D eigenvalue weighted by atomic mass is 16.5. The van der Waals surface area contributed by atoms with E-state index in [9.17, 15) is 9.59 Å². The molecule has 0 spiro atoms. The normalized spacial score (nSPS) is 11.2. The molecule has 0 aromatic rings. The first-order valence-electron chi connectivity index (χ1n) is 5.33. The second-order valence-electron chi connectivity index (χ2n) is 3.32. The van der Waals surface area contributed by atoms with Crippen molar-refractivity contribution in [3.05, 3.63) is 11.6 Å². The lowest BCUT2D eigenvalue weighted by Crippen LogP contribution is -2.11. The van der Waals surface area contributed by atoms with Gasteiger partial charge in [-0.25, -0.2) is 9.59 Å². The molecule has 0 rings (SSSR count). The van der Waals surface area contributed by atoms with Crippen molar-refractivity contribution in [2.45, 2.75) is 32.6 Å². The number of esters is 1. The third-order valence-corrected chi connectivity index (χ3v) is 1.90. The Hall–Kier alpha value is -1.36. The van der Waals surface area contributed by atoms with Gasteiger partial charge in [-0.3, -0.25) is 0 Å². The quantitative estimate of drug-likeness (QED) is 0.371. The van der Waals surface area contributed by atoms with Crippen LogP contribution in [0.4, 0.5) is 0 Å². The maximum Gasteiger partial charge on any atom is 0.334 e. The van der Waals surface area contributed by atoms with Crippen LogP contribution in [-0.2, 0) is 14.3 Å². The molecule has 5 nitrogen and oxygen atoms in total. The molecular formula is C11H18O5. The van der Waals surface area contributed by atoms with Crippen molar-refractivity contribution in [3.63, 3.8) is 0 Å². The molecule has 0 fully saturated rings. The number of carboxylic acids is 1. The van der Waals surface area contributed by atoms with Gasteiger partial charge in [0.2, 0.25) is 0 Å². The average molecular weight is 230 g/mol. The van der Waals surface area contributed by atoms with Crippen LogP contribution < -0.4 is 0 Å². The molecule has 0 radical (unpaired) electrons. The van der Waals surface area contributed by atoms with Crippen LogP contribution in [0.1, 0.15) is 32.6 Å². The van der Waals surface area contributed by atoms with Gasteiger partial charge in [-0.2, -0.15) is 0 Å². The summed E-state index contributed by atoms with van der Waals surface area (Å²) in [7, 11) is 0. The van der Waals surface area contributed by atoms with Crippen molar-refractivity contribution in [2.24, 2.45) is 0 Å². The van der Waals surface area contributed by atoms with Crippen molar-refractivity contribution >= 4 is 11.9 Å². The van der Waals surface area contributed by atoms with Crippen LogP contribution in [-0.4, -0.2) is 35.4 Å². The van der Waals surface area contributed by atoms with Gasteiger partial charge >= 0.3 is 11.9 Å². The zero-order chi connectivity index (χ0) is 12.4.